The van der Waals surface area contributed by atoms with E-state index in [-0.39, 0.29) is 0 Å². The summed E-state index contributed by atoms with van der Waals surface area (Å²) < 4.78 is 4.21. The summed E-state index contributed by atoms with van der Waals surface area (Å²) >= 11 is 0. The normalized spacial score (nSPS) is 9.50. The molecule has 0 aromatic carbocycles. The number of carboxylic acid groups (broad SMARTS) is 1. The second-order valence-corrected chi connectivity index (χ2v) is 0.990. The molecule has 0 saturated carbocycles. The molecule has 0 aliphatic carbocycles. The van der Waals surface area contributed by atoms with Crippen molar-refractivity contribution in [3.8, 4) is 0 Å². The molecule has 0 spiro atoms. The van der Waals surface area contributed by atoms with Crippen LogP contribution in [0.1, 0.15) is 0 Å². The van der Waals surface area contributed by atoms with Crippen molar-refractivity contribution >= 4 is 5.97 Å². The lowest BCUT2D eigenvalue weighted by Crippen LogP contribution is -2.02. The van der Waals surface area contributed by atoms with Gasteiger partial charge in [-0.05, 0) is 0 Å². The molecule has 0 radical (unpaired) electrons. The van der Waals surface area contributed by atoms with Crippen molar-refractivity contribution in [2.45, 2.75) is 0 Å². The summed E-state index contributed by atoms with van der Waals surface area (Å²) in [6.07, 6.45) is 1.52. The number of carbonyl (C=O) groups is 1. The van der Waals surface area contributed by atoms with Crippen LogP contribution in [0.5, 0.6) is 0 Å². The van der Waals surface area contributed by atoms with Gasteiger partial charge in [0, 0.05) is 0 Å². The van der Waals surface area contributed by atoms with Crippen LogP contribution in [0.25, 0.3) is 0 Å². The zero-order chi connectivity index (χ0) is 6.41. The van der Waals surface area contributed by atoms with Crippen LogP contribution >= 0.6 is 0 Å². The van der Waals surface area contributed by atoms with E-state index in [4.69, 9.17) is 10.2 Å². The summed E-state index contributed by atoms with van der Waals surface area (Å²) in [5.74, 6) is -1.07. The molecule has 0 aliphatic rings. The number of aliphatic carboxylic acids is 1. The Labute approximate surface area is 46.0 Å². The largest absolute Gasteiger partial charge is 0.512 e. The van der Waals surface area contributed by atoms with Crippen LogP contribution in [0.4, 0.5) is 0 Å². The predicted molar refractivity (Wildman–Crippen MR) is 25.4 cm³/mol. The third kappa shape index (κ3) is 4.81. The maximum Gasteiger partial charge on any atom is 0.341 e. The number of rotatable bonds is 3. The molecule has 8 heavy (non-hydrogen) atoms. The van der Waals surface area contributed by atoms with Gasteiger partial charge in [0.2, 0.25) is 0 Å². The highest BCUT2D eigenvalue weighted by atomic mass is 16.5. The minimum atomic E-state index is -1.07. The van der Waals surface area contributed by atoms with Gasteiger partial charge >= 0.3 is 5.97 Å². The first kappa shape index (κ1) is 6.81. The molecule has 0 bridgehead atoms. The molecule has 0 aromatic heterocycles. The molecule has 0 heterocycles. The Bertz CT molecular complexity index is 96.2. The van der Waals surface area contributed by atoms with Gasteiger partial charge in [0.05, 0.1) is 0 Å². The van der Waals surface area contributed by atoms with E-state index in [1.807, 2.05) is 0 Å². The van der Waals surface area contributed by atoms with Gasteiger partial charge in [0.25, 0.3) is 0 Å². The smallest absolute Gasteiger partial charge is 0.341 e. The van der Waals surface area contributed by atoms with Gasteiger partial charge in [0.15, 0.2) is 6.61 Å². The minimum absolute atomic E-state index is 0.420. The fraction of sp³-hybridized carbons (Fsp3) is 0.250. The predicted octanol–water partition coefficient (Wildman–Crippen LogP) is 0.117. The zero-order valence-corrected chi connectivity index (χ0v) is 4.07. The van der Waals surface area contributed by atoms with E-state index in [0.29, 0.717) is 6.26 Å². The van der Waals surface area contributed by atoms with Crippen LogP contribution in [0, 0.1) is 0 Å². The van der Waals surface area contributed by atoms with Crippen LogP contribution in [-0.2, 0) is 9.53 Å². The summed E-state index contributed by atoms with van der Waals surface area (Å²) in [5.41, 5.74) is 0. The molecule has 0 atom stereocenters. The van der Waals surface area contributed by atoms with Crippen molar-refractivity contribution in [1.82, 2.24) is 0 Å². The molecule has 0 unspecified atom stereocenters. The molecule has 4 nitrogen and oxygen atoms in total. The van der Waals surface area contributed by atoms with E-state index < -0.39 is 12.6 Å². The molecule has 46 valence electrons. The first-order valence-electron chi connectivity index (χ1n) is 1.90. The van der Waals surface area contributed by atoms with Crippen LogP contribution in [0.2, 0.25) is 0 Å². The summed E-state index contributed by atoms with van der Waals surface area (Å²) in [7, 11) is 0. The van der Waals surface area contributed by atoms with Crippen molar-refractivity contribution in [3.63, 3.8) is 0 Å². The number of hydrogen-bond acceptors (Lipinski definition) is 3. The monoisotopic (exact) mass is 118 g/mol. The Balaban J connectivity index is 3.05. The third-order valence-corrected chi connectivity index (χ3v) is 0.364. The number of aliphatic hydroxyl groups excluding tert-OH is 1. The summed E-state index contributed by atoms with van der Waals surface area (Å²) in [4.78, 5) is 9.63. The topological polar surface area (TPSA) is 66.8 Å². The van der Waals surface area contributed by atoms with Crippen molar-refractivity contribution in [2.75, 3.05) is 6.61 Å². The van der Waals surface area contributed by atoms with Gasteiger partial charge in [-0.25, -0.2) is 4.79 Å². The molecule has 0 rings (SSSR count). The lowest BCUT2D eigenvalue weighted by atomic mass is 10.7. The lowest BCUT2D eigenvalue weighted by molar-refractivity contribution is -0.140. The second-order valence-electron chi connectivity index (χ2n) is 0.990. The maximum atomic E-state index is 9.63. The average Bonchev–Trinajstić information content (AvgIpc) is 1.66. The SMILES string of the molecule is O=C(O)CO/C=C/O. The van der Waals surface area contributed by atoms with Crippen molar-refractivity contribution < 1.29 is 19.7 Å². The molecular formula is C4H6O4. The van der Waals surface area contributed by atoms with Gasteiger partial charge in [0.1, 0.15) is 12.5 Å². The molecule has 0 aromatic rings. The van der Waals surface area contributed by atoms with Gasteiger partial charge in [-0.3, -0.25) is 0 Å². The number of carboxylic acids is 1. The van der Waals surface area contributed by atoms with Crippen LogP contribution < -0.4 is 0 Å². The molecule has 0 saturated heterocycles. The second kappa shape index (κ2) is 3.98. The Morgan fingerprint density at radius 3 is 2.75 bits per heavy atom. The van der Waals surface area contributed by atoms with E-state index in [0.717, 1.165) is 6.26 Å². The van der Waals surface area contributed by atoms with Gasteiger partial charge in [-0.1, -0.05) is 0 Å². The van der Waals surface area contributed by atoms with E-state index in [2.05, 4.69) is 4.74 Å². The van der Waals surface area contributed by atoms with Crippen LogP contribution in [0.3, 0.4) is 0 Å². The van der Waals surface area contributed by atoms with Crippen LogP contribution in [0.15, 0.2) is 12.5 Å². The Morgan fingerprint density at radius 1 is 1.75 bits per heavy atom. The molecule has 2 N–H and O–H groups in total. The van der Waals surface area contributed by atoms with Gasteiger partial charge in [-0.2, -0.15) is 0 Å². The number of aliphatic hydroxyl groups is 1. The van der Waals surface area contributed by atoms with Crippen molar-refractivity contribution in [2.24, 2.45) is 0 Å². The first-order valence-corrected chi connectivity index (χ1v) is 1.90. The van der Waals surface area contributed by atoms with E-state index in [1.54, 1.807) is 0 Å². The fourth-order valence-corrected chi connectivity index (χ4v) is 0.162. The standard InChI is InChI=1S/C4H6O4/c5-1-2-8-3-4(6)7/h1-2,5H,3H2,(H,6,7)/b2-1+. The highest BCUT2D eigenvalue weighted by Gasteiger charge is 1.90. The lowest BCUT2D eigenvalue weighted by Gasteiger charge is -1.89. The summed E-state index contributed by atoms with van der Waals surface area (Å²) in [6.45, 7) is -0.420. The number of ether oxygens (including phenoxy) is 1. The highest BCUT2D eigenvalue weighted by Crippen LogP contribution is 1.73. The third-order valence-electron chi connectivity index (χ3n) is 0.364. The minimum Gasteiger partial charge on any atom is -0.512 e. The van der Waals surface area contributed by atoms with Crippen molar-refractivity contribution in [1.29, 1.82) is 0 Å². The van der Waals surface area contributed by atoms with E-state index >= 15 is 0 Å². The summed E-state index contributed by atoms with van der Waals surface area (Å²) in [6, 6.07) is 0. The van der Waals surface area contributed by atoms with Crippen LogP contribution in [-0.4, -0.2) is 22.8 Å². The molecule has 0 amide bonds. The molecule has 0 fully saturated rings. The first-order chi connectivity index (χ1) is 3.77. The Kier molecular flexibility index (Phi) is 3.39. The maximum absolute atomic E-state index is 9.63. The van der Waals surface area contributed by atoms with E-state index in [9.17, 15) is 4.79 Å². The van der Waals surface area contributed by atoms with Crippen molar-refractivity contribution in [3.05, 3.63) is 12.5 Å². The molecular weight excluding hydrogens is 112 g/mol. The average molecular weight is 118 g/mol. The number of hydrogen-bond donors (Lipinski definition) is 2. The quantitative estimate of drug-likeness (QED) is 0.516. The molecule has 0 aliphatic heterocycles. The Hall–Kier alpha value is -1.19. The highest BCUT2D eigenvalue weighted by molar-refractivity contribution is 5.68. The fourth-order valence-electron chi connectivity index (χ4n) is 0.162. The van der Waals surface area contributed by atoms with Gasteiger partial charge in [-0.15, -0.1) is 0 Å². The Morgan fingerprint density at radius 2 is 2.38 bits per heavy atom. The van der Waals surface area contributed by atoms with E-state index in [1.165, 1.54) is 0 Å². The zero-order valence-electron chi connectivity index (χ0n) is 4.07. The molecule has 4 heteroatoms. The summed E-state index contributed by atoms with van der Waals surface area (Å²) in [5, 5.41) is 15.8. The van der Waals surface area contributed by atoms with Gasteiger partial charge < -0.3 is 14.9 Å².